The van der Waals surface area contributed by atoms with Gasteiger partial charge in [0.25, 0.3) is 0 Å². The molecule has 1 aliphatic carbocycles. The second-order valence-corrected chi connectivity index (χ2v) is 7.82. The molecule has 0 radical (unpaired) electrons. The minimum absolute atomic E-state index is 0.0160. The zero-order valence-electron chi connectivity index (χ0n) is 13.3. The Hall–Kier alpha value is -1.43. The van der Waals surface area contributed by atoms with Crippen LogP contribution in [0.4, 0.5) is 0 Å². The van der Waals surface area contributed by atoms with Gasteiger partial charge in [-0.15, -0.1) is 11.3 Å². The van der Waals surface area contributed by atoms with Crippen LogP contribution in [0.25, 0.3) is 0 Å². The molecule has 4 fully saturated rings. The summed E-state index contributed by atoms with van der Waals surface area (Å²) in [5.41, 5.74) is 2.77. The third kappa shape index (κ3) is 2.89. The first-order chi connectivity index (χ1) is 11.2. The monoisotopic (exact) mass is 333 g/mol. The molecule has 6 heteroatoms. The summed E-state index contributed by atoms with van der Waals surface area (Å²) in [7, 11) is 0. The van der Waals surface area contributed by atoms with E-state index >= 15 is 0 Å². The van der Waals surface area contributed by atoms with Gasteiger partial charge in [-0.3, -0.25) is 9.59 Å². The predicted molar refractivity (Wildman–Crippen MR) is 87.7 cm³/mol. The minimum Gasteiger partial charge on any atom is -0.340 e. The molecule has 124 valence electrons. The average Bonchev–Trinajstić information content (AvgIpc) is 3.19. The van der Waals surface area contributed by atoms with Crippen molar-refractivity contribution in [2.45, 2.75) is 51.1 Å². The van der Waals surface area contributed by atoms with Crippen LogP contribution in [0.2, 0.25) is 0 Å². The Labute approximate surface area is 140 Å². The topological polar surface area (TPSA) is 53.5 Å². The van der Waals surface area contributed by atoms with Crippen LogP contribution < -0.4 is 0 Å². The van der Waals surface area contributed by atoms with Gasteiger partial charge >= 0.3 is 0 Å². The number of amides is 2. The maximum absolute atomic E-state index is 12.8. The molecule has 2 amide bonds. The fraction of sp³-hybridized carbons (Fsp3) is 0.706. The molecule has 0 N–H and O–H groups in total. The van der Waals surface area contributed by atoms with E-state index in [-0.39, 0.29) is 23.8 Å². The molecule has 4 aliphatic rings. The molecule has 3 aliphatic heterocycles. The van der Waals surface area contributed by atoms with Crippen molar-refractivity contribution in [2.75, 3.05) is 13.1 Å². The molecule has 1 aromatic heterocycles. The van der Waals surface area contributed by atoms with Gasteiger partial charge in [0.15, 0.2) is 0 Å². The molecule has 5 rings (SSSR count). The van der Waals surface area contributed by atoms with Crippen molar-refractivity contribution < 1.29 is 9.59 Å². The van der Waals surface area contributed by atoms with Gasteiger partial charge in [-0.25, -0.2) is 4.98 Å². The number of hydrogen-bond donors (Lipinski definition) is 0. The Morgan fingerprint density at radius 1 is 1.22 bits per heavy atom. The summed E-state index contributed by atoms with van der Waals surface area (Å²) >= 11 is 1.56. The van der Waals surface area contributed by atoms with Crippen LogP contribution in [0.15, 0.2) is 10.9 Å². The van der Waals surface area contributed by atoms with Crippen molar-refractivity contribution >= 4 is 23.2 Å². The molecule has 5 nitrogen and oxygen atoms in total. The van der Waals surface area contributed by atoms with E-state index in [4.69, 9.17) is 0 Å². The molecule has 0 spiro atoms. The first kappa shape index (κ1) is 15.1. The Kier molecular flexibility index (Phi) is 4.09. The normalized spacial score (nSPS) is 28.4. The number of thiazole rings is 1. The molecule has 4 heterocycles. The van der Waals surface area contributed by atoms with Crippen LogP contribution in [0.1, 0.15) is 44.2 Å². The van der Waals surface area contributed by atoms with E-state index in [2.05, 4.69) is 4.98 Å². The highest BCUT2D eigenvalue weighted by Crippen LogP contribution is 2.33. The number of hydrogen-bond acceptors (Lipinski definition) is 4. The largest absolute Gasteiger partial charge is 0.340 e. The van der Waals surface area contributed by atoms with Crippen LogP contribution in [0, 0.1) is 11.8 Å². The molecule has 23 heavy (non-hydrogen) atoms. The predicted octanol–water partition coefficient (Wildman–Crippen LogP) is 2.28. The second kappa shape index (κ2) is 6.23. The van der Waals surface area contributed by atoms with E-state index in [1.807, 2.05) is 20.7 Å². The molecule has 1 aromatic rings. The van der Waals surface area contributed by atoms with E-state index in [0.29, 0.717) is 25.5 Å². The van der Waals surface area contributed by atoms with E-state index in [1.165, 1.54) is 12.8 Å². The van der Waals surface area contributed by atoms with Crippen LogP contribution in [-0.4, -0.2) is 45.7 Å². The smallest absolute Gasteiger partial charge is 0.228 e. The molecule has 0 aromatic carbocycles. The van der Waals surface area contributed by atoms with Crippen LogP contribution in [0.3, 0.4) is 0 Å². The van der Waals surface area contributed by atoms with Gasteiger partial charge < -0.3 is 9.80 Å². The molecular weight excluding hydrogens is 310 g/mol. The number of carbonyl (C=O) groups excluding carboxylic acids is 2. The fourth-order valence-corrected chi connectivity index (χ4v) is 4.90. The van der Waals surface area contributed by atoms with E-state index in [9.17, 15) is 9.59 Å². The van der Waals surface area contributed by atoms with Crippen molar-refractivity contribution in [3.05, 3.63) is 16.6 Å². The standard InChI is InChI=1S/C17H23N3O2S/c21-16(12-3-1-2-4-12)19-7-13-5-6-15(9-19)20(17(13)22)8-14-10-23-11-18-14/h10-13,15H,1-9H2/t13-,15+/m0/s1. The van der Waals surface area contributed by atoms with Crippen LogP contribution in [0.5, 0.6) is 0 Å². The van der Waals surface area contributed by atoms with Gasteiger partial charge in [-0.1, -0.05) is 12.8 Å². The third-order valence-corrected chi connectivity index (χ3v) is 6.26. The SMILES string of the molecule is O=C(C1CCCC1)N1C[C@@H]2CC[C@H](C1)N(Cc1cscn1)C2=O. The van der Waals surface area contributed by atoms with Crippen molar-refractivity contribution in [3.8, 4) is 0 Å². The molecule has 1 saturated carbocycles. The van der Waals surface area contributed by atoms with Crippen molar-refractivity contribution in [1.29, 1.82) is 0 Å². The summed E-state index contributed by atoms with van der Waals surface area (Å²) in [6.07, 6.45) is 6.33. The number of carbonyl (C=O) groups is 2. The lowest BCUT2D eigenvalue weighted by molar-refractivity contribution is -0.140. The molecule has 2 bridgehead atoms. The van der Waals surface area contributed by atoms with Gasteiger partial charge in [0.05, 0.1) is 23.7 Å². The number of nitrogens with zero attached hydrogens (tertiary/aromatic N) is 3. The Morgan fingerprint density at radius 3 is 2.78 bits per heavy atom. The lowest BCUT2D eigenvalue weighted by Gasteiger charge is -2.35. The van der Waals surface area contributed by atoms with E-state index < -0.39 is 0 Å². The number of rotatable bonds is 3. The van der Waals surface area contributed by atoms with Gasteiger partial charge in [0.1, 0.15) is 0 Å². The Balaban J connectivity index is 1.51. The Morgan fingerprint density at radius 2 is 2.04 bits per heavy atom. The summed E-state index contributed by atoms with van der Waals surface area (Å²) in [5.74, 6) is 0.700. The molecule has 0 unspecified atom stereocenters. The highest BCUT2D eigenvalue weighted by Gasteiger charge is 2.43. The highest BCUT2D eigenvalue weighted by atomic mass is 32.1. The van der Waals surface area contributed by atoms with Gasteiger partial charge in [-0.05, 0) is 25.7 Å². The molecule has 2 atom stereocenters. The first-order valence-electron chi connectivity index (χ1n) is 8.68. The number of fused-ring (bicyclic) bond motifs is 4. The number of piperidine rings is 1. The summed E-state index contributed by atoms with van der Waals surface area (Å²) in [4.78, 5) is 33.9. The summed E-state index contributed by atoms with van der Waals surface area (Å²) < 4.78 is 0. The number of aromatic nitrogens is 1. The van der Waals surface area contributed by atoms with Crippen molar-refractivity contribution in [2.24, 2.45) is 11.8 Å². The quantitative estimate of drug-likeness (QED) is 0.853. The molecular formula is C17H23N3O2S. The third-order valence-electron chi connectivity index (χ3n) is 5.63. The summed E-state index contributed by atoms with van der Waals surface area (Å²) in [6, 6.07) is 0.160. The Bertz CT molecular complexity index is 583. The lowest BCUT2D eigenvalue weighted by Crippen LogP contribution is -2.47. The minimum atomic E-state index is -0.0160. The summed E-state index contributed by atoms with van der Waals surface area (Å²) in [5, 5.41) is 2.01. The van der Waals surface area contributed by atoms with Gasteiger partial charge in [-0.2, -0.15) is 0 Å². The first-order valence-corrected chi connectivity index (χ1v) is 9.63. The maximum Gasteiger partial charge on any atom is 0.228 e. The van der Waals surface area contributed by atoms with Crippen molar-refractivity contribution in [3.63, 3.8) is 0 Å². The van der Waals surface area contributed by atoms with Gasteiger partial charge in [0, 0.05) is 30.4 Å². The lowest BCUT2D eigenvalue weighted by atomic mass is 9.94. The zero-order chi connectivity index (χ0) is 15.8. The van der Waals surface area contributed by atoms with Crippen molar-refractivity contribution in [1.82, 2.24) is 14.8 Å². The zero-order valence-corrected chi connectivity index (χ0v) is 14.1. The van der Waals surface area contributed by atoms with E-state index in [0.717, 1.165) is 31.4 Å². The molecule has 3 saturated heterocycles. The fourth-order valence-electron chi connectivity index (χ4n) is 4.35. The summed E-state index contributed by atoms with van der Waals surface area (Å²) in [6.45, 7) is 1.93. The maximum atomic E-state index is 12.8. The highest BCUT2D eigenvalue weighted by molar-refractivity contribution is 7.07. The second-order valence-electron chi connectivity index (χ2n) is 7.10. The average molecular weight is 333 g/mol. The van der Waals surface area contributed by atoms with Crippen LogP contribution >= 0.6 is 11.3 Å². The van der Waals surface area contributed by atoms with E-state index in [1.54, 1.807) is 11.3 Å². The van der Waals surface area contributed by atoms with Gasteiger partial charge in [0.2, 0.25) is 11.8 Å². The van der Waals surface area contributed by atoms with Crippen LogP contribution in [-0.2, 0) is 16.1 Å².